The molecule has 0 atom stereocenters. The van der Waals surface area contributed by atoms with E-state index >= 15 is 0 Å². The fourth-order valence-corrected chi connectivity index (χ4v) is 0. The monoisotopic (exact) mass is 164 g/mol. The summed E-state index contributed by atoms with van der Waals surface area (Å²) in [5, 5.41) is 0. The first-order chi connectivity index (χ1) is 2.00. The standard InChI is InChI=1S/Ca.Na.H2O4S.3H/c;;1-5(2,3)4;;;/h;;(H2,1,2,3,4);;;. The third-order valence-corrected chi connectivity index (χ3v) is 0. The van der Waals surface area contributed by atoms with Gasteiger partial charge in [0, 0.05) is 0 Å². The van der Waals surface area contributed by atoms with Gasteiger partial charge in [0.05, 0.1) is 0 Å². The van der Waals surface area contributed by atoms with Crippen molar-refractivity contribution in [2.24, 2.45) is 0 Å². The predicted octanol–water partition coefficient (Wildman–Crippen LogP) is -2.22. The topological polar surface area (TPSA) is 74.6 Å². The van der Waals surface area contributed by atoms with Crippen molar-refractivity contribution in [1.29, 1.82) is 0 Å². The summed E-state index contributed by atoms with van der Waals surface area (Å²) >= 11 is 0. The van der Waals surface area contributed by atoms with Crippen molar-refractivity contribution in [3.63, 3.8) is 0 Å². The van der Waals surface area contributed by atoms with E-state index in [1.807, 2.05) is 0 Å². The molecule has 0 unspecified atom stereocenters. The Morgan fingerprint density at radius 1 is 1.14 bits per heavy atom. The van der Waals surface area contributed by atoms with Crippen molar-refractivity contribution in [3.8, 4) is 0 Å². The van der Waals surface area contributed by atoms with Gasteiger partial charge in [0.1, 0.15) is 0 Å². The second kappa shape index (κ2) is 6.25. The molecular weight excluding hydrogens is 159 g/mol. The van der Waals surface area contributed by atoms with Gasteiger partial charge in [0.25, 0.3) is 0 Å². The Morgan fingerprint density at radius 2 is 1.14 bits per heavy atom. The van der Waals surface area contributed by atoms with Crippen LogP contribution >= 0.6 is 0 Å². The average Bonchev–Trinajstić information content (AvgIpc) is 0.722. The summed E-state index contributed by atoms with van der Waals surface area (Å²) in [7, 11) is -4.67. The molecule has 2 N–H and O–H groups in total. The van der Waals surface area contributed by atoms with Crippen LogP contribution in [-0.2, 0) is 10.4 Å². The van der Waals surface area contributed by atoms with Crippen LogP contribution in [0.25, 0.3) is 0 Å². The summed E-state index contributed by atoms with van der Waals surface area (Å²) in [6.45, 7) is 0. The Bertz CT molecular complexity index is 94.9. The average molecular weight is 164 g/mol. The van der Waals surface area contributed by atoms with E-state index in [0.717, 1.165) is 0 Å². The molecule has 0 fully saturated rings. The minimum absolute atomic E-state index is 0. The van der Waals surface area contributed by atoms with Crippen LogP contribution in [0.4, 0.5) is 0 Å². The Balaban J connectivity index is -0.0000000800. The molecule has 0 saturated heterocycles. The predicted molar refractivity (Wildman–Crippen MR) is 29.9 cm³/mol. The zero-order valence-electron chi connectivity index (χ0n) is 2.12. The van der Waals surface area contributed by atoms with Gasteiger partial charge < -0.3 is 0 Å². The third kappa shape index (κ3) is 67.3. The fourth-order valence-electron chi connectivity index (χ4n) is 0. The van der Waals surface area contributed by atoms with E-state index in [9.17, 15) is 0 Å². The van der Waals surface area contributed by atoms with Gasteiger partial charge in [-0.1, -0.05) is 0 Å². The quantitative estimate of drug-likeness (QED) is 0.314. The fraction of sp³-hybridized carbons (Fsp3) is 0. The minimum atomic E-state index is -4.67. The molecule has 0 heterocycles. The van der Waals surface area contributed by atoms with E-state index in [2.05, 4.69) is 0 Å². The molecule has 4 nitrogen and oxygen atoms in total. The Labute approximate surface area is 93.5 Å². The molecule has 0 aliphatic carbocycles. The molecule has 7 heavy (non-hydrogen) atoms. The molecule has 0 amide bonds. The summed E-state index contributed by atoms with van der Waals surface area (Å²) in [6, 6.07) is 0. The Kier molecular flexibility index (Phi) is 14.3. The van der Waals surface area contributed by atoms with Crippen LogP contribution in [0.3, 0.4) is 0 Å². The van der Waals surface area contributed by atoms with Crippen molar-refractivity contribution in [2.75, 3.05) is 0 Å². The molecule has 0 saturated carbocycles. The van der Waals surface area contributed by atoms with Gasteiger partial charge in [-0.2, -0.15) is 8.42 Å². The number of hydrogen-bond donors (Lipinski definition) is 2. The Hall–Kier alpha value is 2.13. The molecule has 0 aliphatic heterocycles. The van der Waals surface area contributed by atoms with Gasteiger partial charge in [-0.05, 0) is 0 Å². The molecule has 0 rings (SSSR count). The Morgan fingerprint density at radius 3 is 1.14 bits per heavy atom. The van der Waals surface area contributed by atoms with E-state index < -0.39 is 10.4 Å². The number of rotatable bonds is 0. The number of hydrogen-bond acceptors (Lipinski definition) is 2. The summed E-state index contributed by atoms with van der Waals surface area (Å²) in [4.78, 5) is 0. The first kappa shape index (κ1) is 16.1. The molecule has 0 bridgehead atoms. The molecule has 0 aliphatic rings. The first-order valence-electron chi connectivity index (χ1n) is 0.698. The van der Waals surface area contributed by atoms with Gasteiger partial charge in [-0.15, -0.1) is 0 Å². The molecule has 0 spiro atoms. The van der Waals surface area contributed by atoms with Crippen LogP contribution in [-0.4, -0.2) is 84.8 Å². The van der Waals surface area contributed by atoms with Crippen LogP contribution in [0.5, 0.6) is 0 Å². The van der Waals surface area contributed by atoms with E-state index in [1.54, 1.807) is 0 Å². The third-order valence-electron chi connectivity index (χ3n) is 0. The normalized spacial score (nSPS) is 8.29. The molecule has 0 radical (unpaired) electrons. The summed E-state index contributed by atoms with van der Waals surface area (Å²) in [5.74, 6) is 0. The van der Waals surface area contributed by atoms with Crippen molar-refractivity contribution >= 4 is 77.7 Å². The van der Waals surface area contributed by atoms with Gasteiger partial charge in [-0.3, -0.25) is 9.11 Å². The van der Waals surface area contributed by atoms with Crippen LogP contribution in [0.15, 0.2) is 0 Å². The summed E-state index contributed by atoms with van der Waals surface area (Å²) in [6.07, 6.45) is 0. The molecular formula is H5CaNaO4S. The molecule has 38 valence electrons. The van der Waals surface area contributed by atoms with E-state index in [1.165, 1.54) is 0 Å². The summed E-state index contributed by atoms with van der Waals surface area (Å²) < 4.78 is 31.6. The van der Waals surface area contributed by atoms with Crippen molar-refractivity contribution in [3.05, 3.63) is 0 Å². The second-order valence-corrected chi connectivity index (χ2v) is 1.34. The maximum atomic E-state index is 8.74. The van der Waals surface area contributed by atoms with Crippen LogP contribution in [0.2, 0.25) is 0 Å². The molecule has 0 aromatic heterocycles. The van der Waals surface area contributed by atoms with Crippen molar-refractivity contribution in [1.82, 2.24) is 0 Å². The molecule has 0 aromatic carbocycles. The van der Waals surface area contributed by atoms with Gasteiger partial charge in [-0.25, -0.2) is 0 Å². The van der Waals surface area contributed by atoms with Crippen LogP contribution < -0.4 is 0 Å². The zero-order chi connectivity index (χ0) is 4.50. The van der Waals surface area contributed by atoms with E-state index in [-0.39, 0.29) is 67.3 Å². The summed E-state index contributed by atoms with van der Waals surface area (Å²) in [5.41, 5.74) is 0. The maximum absolute atomic E-state index is 8.74. The van der Waals surface area contributed by atoms with E-state index in [4.69, 9.17) is 17.5 Å². The van der Waals surface area contributed by atoms with Gasteiger partial charge in [0.15, 0.2) is 0 Å². The van der Waals surface area contributed by atoms with Gasteiger partial charge in [0.2, 0.25) is 0 Å². The SMILES string of the molecule is O=S(=O)(O)O.[CaH2].[NaH]. The van der Waals surface area contributed by atoms with Crippen LogP contribution in [0, 0.1) is 0 Å². The molecule has 7 heteroatoms. The van der Waals surface area contributed by atoms with Crippen LogP contribution in [0.1, 0.15) is 0 Å². The zero-order valence-corrected chi connectivity index (χ0v) is 2.94. The van der Waals surface area contributed by atoms with Crippen molar-refractivity contribution in [2.45, 2.75) is 0 Å². The second-order valence-electron chi connectivity index (χ2n) is 0.448. The van der Waals surface area contributed by atoms with E-state index in [0.29, 0.717) is 0 Å². The first-order valence-corrected chi connectivity index (χ1v) is 2.10. The van der Waals surface area contributed by atoms with Crippen molar-refractivity contribution < 1.29 is 17.5 Å². The molecule has 0 aromatic rings. The van der Waals surface area contributed by atoms with Gasteiger partial charge >= 0.3 is 77.7 Å².